The monoisotopic (exact) mass is 388 g/mol. The normalized spacial score (nSPS) is 18.6. The van der Waals surface area contributed by atoms with E-state index in [0.29, 0.717) is 19.5 Å². The van der Waals surface area contributed by atoms with E-state index in [1.165, 1.54) is 22.5 Å². The lowest BCUT2D eigenvalue weighted by molar-refractivity contribution is 0.466. The molecule has 0 amide bonds. The summed E-state index contributed by atoms with van der Waals surface area (Å²) < 4.78 is 42.8. The highest BCUT2D eigenvalue weighted by Crippen LogP contribution is 2.34. The van der Waals surface area contributed by atoms with Crippen molar-refractivity contribution in [1.29, 1.82) is 0 Å². The van der Waals surface area contributed by atoms with Gasteiger partial charge in [0.2, 0.25) is 10.0 Å². The largest absolute Gasteiger partial charge is 0.324 e. The van der Waals surface area contributed by atoms with Crippen LogP contribution in [0.4, 0.5) is 4.39 Å². The van der Waals surface area contributed by atoms with Gasteiger partial charge in [0, 0.05) is 31.2 Å². The summed E-state index contributed by atoms with van der Waals surface area (Å²) in [6.07, 6.45) is 4.18. The Kier molecular flexibility index (Phi) is 4.47. The Morgan fingerprint density at radius 3 is 2.81 bits per heavy atom. The van der Waals surface area contributed by atoms with Crippen LogP contribution in [-0.2, 0) is 10.0 Å². The predicted octanol–water partition coefficient (Wildman–Crippen LogP) is 3.33. The Bertz CT molecular complexity index is 1090. The van der Waals surface area contributed by atoms with Crippen LogP contribution in [0.25, 0.3) is 11.0 Å². The SMILES string of the molecule is CC(C)n1c(C2CCN(S(=O)(=O)c3cccc(F)c3)C2)nc2ccncc21. The molecule has 27 heavy (non-hydrogen) atoms. The molecule has 4 rings (SSSR count). The lowest BCUT2D eigenvalue weighted by Gasteiger charge is -2.18. The molecule has 1 unspecified atom stereocenters. The number of pyridine rings is 1. The fourth-order valence-corrected chi connectivity index (χ4v) is 5.26. The maximum absolute atomic E-state index is 13.5. The number of hydrogen-bond acceptors (Lipinski definition) is 4. The first-order chi connectivity index (χ1) is 12.9. The molecule has 1 fully saturated rings. The van der Waals surface area contributed by atoms with E-state index in [4.69, 9.17) is 4.98 Å². The molecule has 2 aromatic heterocycles. The molecule has 0 radical (unpaired) electrons. The molecule has 1 aromatic carbocycles. The summed E-state index contributed by atoms with van der Waals surface area (Å²) in [7, 11) is -3.72. The Balaban J connectivity index is 1.67. The molecule has 0 aliphatic carbocycles. The maximum atomic E-state index is 13.5. The van der Waals surface area contributed by atoms with Crippen molar-refractivity contribution in [1.82, 2.24) is 18.8 Å². The lowest BCUT2D eigenvalue weighted by atomic mass is 10.1. The first kappa shape index (κ1) is 18.1. The zero-order valence-corrected chi connectivity index (χ0v) is 16.0. The summed E-state index contributed by atoms with van der Waals surface area (Å²) in [5.74, 6) is 0.314. The molecule has 6 nitrogen and oxygen atoms in total. The van der Waals surface area contributed by atoms with Crippen molar-refractivity contribution in [2.75, 3.05) is 13.1 Å². The van der Waals surface area contributed by atoms with Crippen molar-refractivity contribution < 1.29 is 12.8 Å². The van der Waals surface area contributed by atoms with E-state index in [-0.39, 0.29) is 16.9 Å². The molecule has 0 saturated carbocycles. The van der Waals surface area contributed by atoms with Gasteiger partial charge in [-0.05, 0) is 44.5 Å². The molecule has 0 N–H and O–H groups in total. The third-order valence-electron chi connectivity index (χ3n) is 4.99. The second kappa shape index (κ2) is 6.69. The van der Waals surface area contributed by atoms with Crippen LogP contribution in [0.1, 0.15) is 38.1 Å². The van der Waals surface area contributed by atoms with Crippen molar-refractivity contribution >= 4 is 21.1 Å². The van der Waals surface area contributed by atoms with E-state index in [1.54, 1.807) is 12.4 Å². The van der Waals surface area contributed by atoms with Crippen molar-refractivity contribution in [3.8, 4) is 0 Å². The Labute approximate surface area is 157 Å². The van der Waals surface area contributed by atoms with Gasteiger partial charge in [0.1, 0.15) is 11.6 Å². The number of nitrogens with zero attached hydrogens (tertiary/aromatic N) is 4. The first-order valence-corrected chi connectivity index (χ1v) is 10.4. The average Bonchev–Trinajstić information content (AvgIpc) is 3.26. The highest BCUT2D eigenvalue weighted by molar-refractivity contribution is 7.89. The summed E-state index contributed by atoms with van der Waals surface area (Å²) in [6.45, 7) is 4.88. The molecule has 3 heterocycles. The minimum Gasteiger partial charge on any atom is -0.324 e. The fourth-order valence-electron chi connectivity index (χ4n) is 3.72. The van der Waals surface area contributed by atoms with E-state index < -0.39 is 15.8 Å². The Morgan fingerprint density at radius 2 is 2.07 bits per heavy atom. The number of halogens is 1. The predicted molar refractivity (Wildman–Crippen MR) is 100 cm³/mol. The van der Waals surface area contributed by atoms with E-state index in [0.717, 1.165) is 22.9 Å². The number of rotatable bonds is 4. The number of sulfonamides is 1. The lowest BCUT2D eigenvalue weighted by Crippen LogP contribution is -2.29. The molecule has 8 heteroatoms. The molecule has 1 aliphatic rings. The smallest absolute Gasteiger partial charge is 0.243 e. The van der Waals surface area contributed by atoms with Gasteiger partial charge in [-0.25, -0.2) is 17.8 Å². The molecule has 0 spiro atoms. The van der Waals surface area contributed by atoms with Crippen molar-refractivity contribution in [2.24, 2.45) is 0 Å². The Morgan fingerprint density at radius 1 is 1.26 bits per heavy atom. The second-order valence-electron chi connectivity index (χ2n) is 7.10. The molecular weight excluding hydrogens is 367 g/mol. The summed E-state index contributed by atoms with van der Waals surface area (Å²) in [6, 6.07) is 7.21. The van der Waals surface area contributed by atoms with E-state index in [9.17, 15) is 12.8 Å². The standard InChI is InChI=1S/C19H21FN4O2S/c1-13(2)24-18-11-21-8-6-17(18)22-19(24)14-7-9-23(12-14)27(25,26)16-5-3-4-15(20)10-16/h3-6,8,10-11,13-14H,7,9,12H2,1-2H3. The zero-order valence-electron chi connectivity index (χ0n) is 15.2. The van der Waals surface area contributed by atoms with Gasteiger partial charge in [-0.2, -0.15) is 4.31 Å². The van der Waals surface area contributed by atoms with Crippen LogP contribution in [0.5, 0.6) is 0 Å². The molecular formula is C19H21FN4O2S. The molecule has 0 bridgehead atoms. The number of fused-ring (bicyclic) bond motifs is 1. The van der Waals surface area contributed by atoms with Gasteiger partial charge in [-0.1, -0.05) is 6.07 Å². The van der Waals surface area contributed by atoms with Gasteiger partial charge in [0.05, 0.1) is 22.1 Å². The fraction of sp³-hybridized carbons (Fsp3) is 0.368. The van der Waals surface area contributed by atoms with E-state index in [2.05, 4.69) is 23.4 Å². The Hall–Kier alpha value is -2.32. The van der Waals surface area contributed by atoms with Crippen LogP contribution in [0.2, 0.25) is 0 Å². The van der Waals surface area contributed by atoms with Crippen molar-refractivity contribution in [2.45, 2.75) is 37.1 Å². The second-order valence-corrected chi connectivity index (χ2v) is 9.04. The maximum Gasteiger partial charge on any atom is 0.243 e. The highest BCUT2D eigenvalue weighted by Gasteiger charge is 2.36. The van der Waals surface area contributed by atoms with Crippen LogP contribution >= 0.6 is 0 Å². The molecule has 3 aromatic rings. The van der Waals surface area contributed by atoms with Crippen LogP contribution in [0.3, 0.4) is 0 Å². The van der Waals surface area contributed by atoms with Crippen LogP contribution in [0, 0.1) is 5.82 Å². The quantitative estimate of drug-likeness (QED) is 0.688. The third kappa shape index (κ3) is 3.12. The molecule has 1 aliphatic heterocycles. The van der Waals surface area contributed by atoms with Gasteiger partial charge < -0.3 is 4.57 Å². The number of hydrogen-bond donors (Lipinski definition) is 0. The molecule has 1 saturated heterocycles. The van der Waals surface area contributed by atoms with Crippen molar-refractivity contribution in [3.63, 3.8) is 0 Å². The van der Waals surface area contributed by atoms with Gasteiger partial charge >= 0.3 is 0 Å². The van der Waals surface area contributed by atoms with Crippen LogP contribution in [-0.4, -0.2) is 40.3 Å². The molecule has 142 valence electrons. The van der Waals surface area contributed by atoms with Crippen molar-refractivity contribution in [3.05, 3.63) is 54.4 Å². The summed E-state index contributed by atoms with van der Waals surface area (Å²) in [4.78, 5) is 8.95. The zero-order chi connectivity index (χ0) is 19.2. The van der Waals surface area contributed by atoms with Crippen LogP contribution < -0.4 is 0 Å². The minimum atomic E-state index is -3.72. The number of benzene rings is 1. The van der Waals surface area contributed by atoms with Gasteiger partial charge in [0.25, 0.3) is 0 Å². The minimum absolute atomic E-state index is 0.00953. The summed E-state index contributed by atoms with van der Waals surface area (Å²) in [5.41, 5.74) is 1.81. The van der Waals surface area contributed by atoms with Crippen LogP contribution in [0.15, 0.2) is 47.6 Å². The van der Waals surface area contributed by atoms with Gasteiger partial charge in [-0.15, -0.1) is 0 Å². The number of imidazole rings is 1. The van der Waals surface area contributed by atoms with Gasteiger partial charge in [0.15, 0.2) is 0 Å². The van der Waals surface area contributed by atoms with Gasteiger partial charge in [-0.3, -0.25) is 4.98 Å². The topological polar surface area (TPSA) is 68.1 Å². The highest BCUT2D eigenvalue weighted by atomic mass is 32.2. The van der Waals surface area contributed by atoms with E-state index in [1.807, 2.05) is 6.07 Å². The average molecular weight is 388 g/mol. The number of aromatic nitrogens is 3. The first-order valence-electron chi connectivity index (χ1n) is 8.95. The third-order valence-corrected chi connectivity index (χ3v) is 6.85. The summed E-state index contributed by atoms with van der Waals surface area (Å²) >= 11 is 0. The summed E-state index contributed by atoms with van der Waals surface area (Å²) in [5, 5.41) is 0. The van der Waals surface area contributed by atoms with E-state index >= 15 is 0 Å². The molecule has 1 atom stereocenters.